The molecule has 0 amide bonds. The molecule has 3 aliphatic carbocycles. The summed E-state index contributed by atoms with van der Waals surface area (Å²) in [5.41, 5.74) is 9.75. The molecule has 1 aromatic rings. The molecule has 1 heteroatoms. The topological polar surface area (TPSA) is 26.0 Å². The third-order valence-electron chi connectivity index (χ3n) is 3.30. The van der Waals surface area contributed by atoms with Crippen LogP contribution in [0, 0.1) is 5.92 Å². The zero-order valence-corrected chi connectivity index (χ0v) is 7.53. The molecular weight excluding hydrogens is 158 g/mol. The molecule has 0 radical (unpaired) electrons. The predicted molar refractivity (Wildman–Crippen MR) is 54.1 cm³/mol. The van der Waals surface area contributed by atoms with E-state index >= 15 is 0 Å². The number of benzene rings is 1. The molecule has 0 unspecified atom stereocenters. The van der Waals surface area contributed by atoms with E-state index in [0.717, 1.165) is 17.5 Å². The van der Waals surface area contributed by atoms with Gasteiger partial charge in [-0.25, -0.2) is 0 Å². The number of hydrogen-bond donors (Lipinski definition) is 1. The van der Waals surface area contributed by atoms with Crippen molar-refractivity contribution in [3.05, 3.63) is 41.5 Å². The molecule has 3 aliphatic rings. The second-order valence-corrected chi connectivity index (χ2v) is 4.14. The fourth-order valence-corrected chi connectivity index (χ4v) is 2.51. The quantitative estimate of drug-likeness (QED) is 0.637. The Morgan fingerprint density at radius 2 is 1.92 bits per heavy atom. The first-order valence-electron chi connectivity index (χ1n) is 4.91. The second-order valence-electron chi connectivity index (χ2n) is 4.14. The van der Waals surface area contributed by atoms with Crippen LogP contribution in [0.3, 0.4) is 0 Å². The van der Waals surface area contributed by atoms with Crippen LogP contribution in [0.2, 0.25) is 0 Å². The molecule has 0 aliphatic heterocycles. The molecule has 1 fully saturated rings. The van der Waals surface area contributed by atoms with Crippen LogP contribution in [0.5, 0.6) is 0 Å². The van der Waals surface area contributed by atoms with Crippen molar-refractivity contribution in [2.45, 2.75) is 18.8 Å². The van der Waals surface area contributed by atoms with Gasteiger partial charge in [0.25, 0.3) is 0 Å². The summed E-state index contributed by atoms with van der Waals surface area (Å²) in [5, 5.41) is 0. The number of nitrogens with two attached hydrogens (primary N) is 1. The standard InChI is InChI=1S/C12H13N/c13-12-7-8-5-9(6-8)10-3-1-2-4-11(10)12/h1-4,7-9H,5-6,13H2. The summed E-state index contributed by atoms with van der Waals surface area (Å²) in [5.74, 6) is 1.52. The Morgan fingerprint density at radius 1 is 1.15 bits per heavy atom. The summed E-state index contributed by atoms with van der Waals surface area (Å²) in [6.07, 6.45) is 4.85. The average Bonchev–Trinajstić information content (AvgIpc) is 2.30. The largest absolute Gasteiger partial charge is 0.398 e. The monoisotopic (exact) mass is 171 g/mol. The van der Waals surface area contributed by atoms with Gasteiger partial charge in [-0.1, -0.05) is 30.3 Å². The van der Waals surface area contributed by atoms with Crippen molar-refractivity contribution in [2.24, 2.45) is 11.7 Å². The zero-order valence-electron chi connectivity index (χ0n) is 7.53. The van der Waals surface area contributed by atoms with Crippen molar-refractivity contribution in [3.63, 3.8) is 0 Å². The second kappa shape index (κ2) is 2.38. The number of allylic oxidation sites excluding steroid dienone is 1. The smallest absolute Gasteiger partial charge is 0.0352 e. The number of hydrogen-bond acceptors (Lipinski definition) is 1. The van der Waals surface area contributed by atoms with Gasteiger partial charge in [0, 0.05) is 11.3 Å². The lowest BCUT2D eigenvalue weighted by molar-refractivity contribution is 0.327. The Kier molecular flexibility index (Phi) is 1.32. The molecule has 0 spiro atoms. The first-order valence-corrected chi connectivity index (χ1v) is 4.91. The molecule has 0 heterocycles. The van der Waals surface area contributed by atoms with Gasteiger partial charge in [-0.15, -0.1) is 0 Å². The van der Waals surface area contributed by atoms with E-state index in [9.17, 15) is 0 Å². The minimum atomic E-state index is 0.748. The van der Waals surface area contributed by atoms with Gasteiger partial charge < -0.3 is 5.73 Å². The summed E-state index contributed by atoms with van der Waals surface area (Å²) in [6, 6.07) is 8.55. The SMILES string of the molecule is NC1=CC2CC(C2)c2ccccc21. The van der Waals surface area contributed by atoms with Crippen LogP contribution in [0.4, 0.5) is 0 Å². The number of rotatable bonds is 0. The Hall–Kier alpha value is -1.24. The summed E-state index contributed by atoms with van der Waals surface area (Å²) in [7, 11) is 0. The van der Waals surface area contributed by atoms with E-state index in [1.54, 1.807) is 0 Å². The third kappa shape index (κ3) is 0.932. The van der Waals surface area contributed by atoms with E-state index in [4.69, 9.17) is 5.73 Å². The molecule has 0 saturated heterocycles. The van der Waals surface area contributed by atoms with Crippen LogP contribution in [0.1, 0.15) is 29.9 Å². The van der Waals surface area contributed by atoms with Crippen molar-refractivity contribution in [3.8, 4) is 0 Å². The maximum Gasteiger partial charge on any atom is 0.0352 e. The normalized spacial score (nSPS) is 29.7. The molecule has 1 nitrogen and oxygen atoms in total. The van der Waals surface area contributed by atoms with E-state index in [0.29, 0.717) is 0 Å². The summed E-state index contributed by atoms with van der Waals surface area (Å²) >= 11 is 0. The minimum absolute atomic E-state index is 0.748. The molecule has 0 aromatic heterocycles. The highest BCUT2D eigenvalue weighted by Gasteiger charge is 2.33. The average molecular weight is 171 g/mol. The molecule has 1 saturated carbocycles. The first-order chi connectivity index (χ1) is 6.34. The molecule has 2 N–H and O–H groups in total. The van der Waals surface area contributed by atoms with Gasteiger partial charge in [0.05, 0.1) is 0 Å². The van der Waals surface area contributed by atoms with E-state index in [1.165, 1.54) is 24.0 Å². The maximum absolute atomic E-state index is 6.02. The van der Waals surface area contributed by atoms with Crippen molar-refractivity contribution in [1.29, 1.82) is 0 Å². The van der Waals surface area contributed by atoms with Crippen LogP contribution >= 0.6 is 0 Å². The van der Waals surface area contributed by atoms with Gasteiger partial charge in [-0.2, -0.15) is 0 Å². The lowest BCUT2D eigenvalue weighted by atomic mass is 9.72. The molecule has 4 rings (SSSR count). The molecule has 66 valence electrons. The van der Waals surface area contributed by atoms with E-state index in [1.807, 2.05) is 0 Å². The van der Waals surface area contributed by atoms with Crippen LogP contribution in [0.25, 0.3) is 5.70 Å². The van der Waals surface area contributed by atoms with Gasteiger partial charge in [-0.3, -0.25) is 0 Å². The fourth-order valence-electron chi connectivity index (χ4n) is 2.51. The van der Waals surface area contributed by atoms with E-state index in [2.05, 4.69) is 30.3 Å². The maximum atomic E-state index is 6.02. The lowest BCUT2D eigenvalue weighted by Crippen LogP contribution is -2.18. The van der Waals surface area contributed by atoms with Crippen LogP contribution in [-0.2, 0) is 0 Å². The van der Waals surface area contributed by atoms with Crippen LogP contribution < -0.4 is 5.73 Å². The molecular formula is C12H13N. The van der Waals surface area contributed by atoms with Crippen molar-refractivity contribution >= 4 is 5.70 Å². The van der Waals surface area contributed by atoms with Crippen LogP contribution in [0.15, 0.2) is 30.3 Å². The Labute approximate surface area is 78.3 Å². The summed E-state index contributed by atoms with van der Waals surface area (Å²) in [6.45, 7) is 0. The molecule has 0 atom stereocenters. The highest BCUT2D eigenvalue weighted by atomic mass is 14.6. The van der Waals surface area contributed by atoms with E-state index < -0.39 is 0 Å². The lowest BCUT2D eigenvalue weighted by Gasteiger charge is -2.32. The first kappa shape index (κ1) is 7.19. The molecule has 1 aromatic carbocycles. The van der Waals surface area contributed by atoms with Gasteiger partial charge in [0.15, 0.2) is 0 Å². The Morgan fingerprint density at radius 3 is 2.77 bits per heavy atom. The van der Waals surface area contributed by atoms with Gasteiger partial charge in [0.1, 0.15) is 0 Å². The molecule has 2 bridgehead atoms. The van der Waals surface area contributed by atoms with Gasteiger partial charge in [-0.05, 0) is 30.2 Å². The third-order valence-corrected chi connectivity index (χ3v) is 3.30. The van der Waals surface area contributed by atoms with Crippen molar-refractivity contribution in [1.82, 2.24) is 0 Å². The Bertz CT molecular complexity index is 372. The molecule has 13 heavy (non-hydrogen) atoms. The van der Waals surface area contributed by atoms with Gasteiger partial charge in [0.2, 0.25) is 0 Å². The Balaban J connectivity index is 2.22. The minimum Gasteiger partial charge on any atom is -0.398 e. The van der Waals surface area contributed by atoms with E-state index in [-0.39, 0.29) is 0 Å². The highest BCUT2D eigenvalue weighted by Crippen LogP contribution is 2.47. The zero-order chi connectivity index (χ0) is 8.84. The van der Waals surface area contributed by atoms with Crippen molar-refractivity contribution in [2.75, 3.05) is 0 Å². The predicted octanol–water partition coefficient (Wildman–Crippen LogP) is 2.49. The van der Waals surface area contributed by atoms with Crippen LogP contribution in [-0.4, -0.2) is 0 Å². The summed E-state index contributed by atoms with van der Waals surface area (Å²) < 4.78 is 0. The van der Waals surface area contributed by atoms with Gasteiger partial charge >= 0.3 is 0 Å². The fraction of sp³-hybridized carbons (Fsp3) is 0.333. The van der Waals surface area contributed by atoms with Crippen molar-refractivity contribution < 1.29 is 0 Å². The highest BCUT2D eigenvalue weighted by molar-refractivity contribution is 5.68. The summed E-state index contributed by atoms with van der Waals surface area (Å²) in [4.78, 5) is 0.